The number of unbranched alkanes of at least 4 members (excludes halogenated alkanes) is 4. The van der Waals surface area contributed by atoms with E-state index in [0.29, 0.717) is 11.3 Å². The van der Waals surface area contributed by atoms with Crippen molar-refractivity contribution in [3.8, 4) is 5.75 Å². The van der Waals surface area contributed by atoms with Crippen LogP contribution in [0.2, 0.25) is 0 Å². The molecule has 2 aliphatic rings. The van der Waals surface area contributed by atoms with Gasteiger partial charge in [0.25, 0.3) is 0 Å². The van der Waals surface area contributed by atoms with Crippen molar-refractivity contribution in [1.82, 2.24) is 0 Å². The first-order valence-corrected chi connectivity index (χ1v) is 12.8. The van der Waals surface area contributed by atoms with Gasteiger partial charge in [-0.3, -0.25) is 0 Å². The second-order valence-electron chi connectivity index (χ2n) is 10.3. The molecule has 1 nitrogen and oxygen atoms in total. The Morgan fingerprint density at radius 2 is 1.61 bits per heavy atom. The van der Waals surface area contributed by atoms with Crippen LogP contribution in [0.5, 0.6) is 5.75 Å². The molecule has 4 rings (SSSR count). The average molecular weight is 465 g/mol. The van der Waals surface area contributed by atoms with Crippen molar-refractivity contribution in [1.29, 1.82) is 0 Å². The molecule has 0 N–H and O–H groups in total. The smallest absolute Gasteiger partial charge is 0.387 e. The first-order valence-electron chi connectivity index (χ1n) is 12.8. The molecule has 4 atom stereocenters. The molecule has 5 heteroatoms. The lowest BCUT2D eigenvalue weighted by molar-refractivity contribution is -0.0520. The van der Waals surface area contributed by atoms with Gasteiger partial charge in [0.1, 0.15) is 5.82 Å². The van der Waals surface area contributed by atoms with Gasteiger partial charge in [-0.1, -0.05) is 57.9 Å². The van der Waals surface area contributed by atoms with Crippen LogP contribution in [0.25, 0.3) is 10.8 Å². The molecule has 2 aromatic carbocycles. The predicted octanol–water partition coefficient (Wildman–Crippen LogP) is 9.38. The molecular formula is C28H36F4O. The highest BCUT2D eigenvalue weighted by atomic mass is 19.3. The summed E-state index contributed by atoms with van der Waals surface area (Å²) >= 11 is 0. The van der Waals surface area contributed by atoms with Crippen LogP contribution in [-0.4, -0.2) is 6.61 Å². The average Bonchev–Trinajstić information content (AvgIpc) is 2.79. The van der Waals surface area contributed by atoms with Crippen LogP contribution >= 0.6 is 0 Å². The lowest BCUT2D eigenvalue weighted by atomic mass is 9.63. The van der Waals surface area contributed by atoms with Crippen LogP contribution in [0.1, 0.15) is 95.5 Å². The summed E-state index contributed by atoms with van der Waals surface area (Å²) < 4.78 is 58.2. The standard InChI is InChI=1S/C28H36F4O/c1-2-3-4-5-6-7-18-8-9-20-13-21(11-10-19(20)12-18)22-14-23-16-26(30)27(33-28(31)32)17-24(23)25(29)15-22/h14-21,28H,2-13H2,1H3/t18-,19?,20-,21?/m1/s1. The zero-order valence-corrected chi connectivity index (χ0v) is 19.6. The van der Waals surface area contributed by atoms with Crippen molar-refractivity contribution in [3.63, 3.8) is 0 Å². The number of rotatable bonds is 9. The third kappa shape index (κ3) is 6.02. The molecular weight excluding hydrogens is 428 g/mol. The summed E-state index contributed by atoms with van der Waals surface area (Å²) in [7, 11) is 0. The molecule has 2 unspecified atom stereocenters. The molecule has 0 spiro atoms. The molecule has 0 aromatic heterocycles. The fraction of sp³-hybridized carbons (Fsp3) is 0.643. The third-order valence-electron chi connectivity index (χ3n) is 8.10. The van der Waals surface area contributed by atoms with Gasteiger partial charge in [0.15, 0.2) is 11.6 Å². The second-order valence-corrected chi connectivity index (χ2v) is 10.3. The number of benzene rings is 2. The molecule has 0 amide bonds. The number of ether oxygens (including phenoxy) is 1. The van der Waals surface area contributed by atoms with Crippen LogP contribution < -0.4 is 4.74 Å². The summed E-state index contributed by atoms with van der Waals surface area (Å²) in [6, 6.07) is 5.49. The summed E-state index contributed by atoms with van der Waals surface area (Å²) in [4.78, 5) is 0. The van der Waals surface area contributed by atoms with Gasteiger partial charge in [-0.25, -0.2) is 8.78 Å². The lowest BCUT2D eigenvalue weighted by Gasteiger charge is -2.42. The first-order chi connectivity index (χ1) is 15.9. The Balaban J connectivity index is 1.39. The predicted molar refractivity (Wildman–Crippen MR) is 125 cm³/mol. The largest absolute Gasteiger partial charge is 0.432 e. The normalized spacial score (nSPS) is 25.4. The van der Waals surface area contributed by atoms with Gasteiger partial charge in [-0.05, 0) is 84.9 Å². The maximum atomic E-state index is 14.9. The minimum atomic E-state index is -3.15. The van der Waals surface area contributed by atoms with Crippen molar-refractivity contribution in [2.75, 3.05) is 0 Å². The molecule has 0 bridgehead atoms. The van der Waals surface area contributed by atoms with E-state index in [1.165, 1.54) is 70.3 Å². The Morgan fingerprint density at radius 3 is 2.39 bits per heavy atom. The first kappa shape index (κ1) is 24.3. The van der Waals surface area contributed by atoms with E-state index in [-0.39, 0.29) is 11.3 Å². The highest BCUT2D eigenvalue weighted by Gasteiger charge is 2.36. The maximum Gasteiger partial charge on any atom is 0.387 e. The van der Waals surface area contributed by atoms with E-state index < -0.39 is 24.0 Å². The van der Waals surface area contributed by atoms with Gasteiger partial charge in [0.05, 0.1) is 0 Å². The van der Waals surface area contributed by atoms with Crippen molar-refractivity contribution in [3.05, 3.63) is 41.5 Å². The lowest BCUT2D eigenvalue weighted by Crippen LogP contribution is -2.30. The summed E-state index contributed by atoms with van der Waals surface area (Å²) in [6.45, 7) is -0.894. The van der Waals surface area contributed by atoms with E-state index in [9.17, 15) is 17.6 Å². The van der Waals surface area contributed by atoms with Crippen molar-refractivity contribution < 1.29 is 22.3 Å². The van der Waals surface area contributed by atoms with Gasteiger partial charge in [0.2, 0.25) is 0 Å². The Morgan fingerprint density at radius 1 is 0.848 bits per heavy atom. The molecule has 0 aliphatic heterocycles. The van der Waals surface area contributed by atoms with Crippen LogP contribution in [0.15, 0.2) is 24.3 Å². The van der Waals surface area contributed by atoms with Gasteiger partial charge < -0.3 is 4.74 Å². The minimum absolute atomic E-state index is 0.115. The van der Waals surface area contributed by atoms with Crippen LogP contribution in [0, 0.1) is 29.4 Å². The Hall–Kier alpha value is -1.78. The maximum absolute atomic E-state index is 14.9. The molecule has 2 aliphatic carbocycles. The molecule has 2 saturated carbocycles. The van der Waals surface area contributed by atoms with E-state index in [4.69, 9.17) is 0 Å². The number of halogens is 4. The quantitative estimate of drug-likeness (QED) is 0.265. The van der Waals surface area contributed by atoms with Gasteiger partial charge in [-0.15, -0.1) is 0 Å². The molecule has 0 heterocycles. The Labute approximate surface area is 194 Å². The van der Waals surface area contributed by atoms with E-state index >= 15 is 0 Å². The fourth-order valence-electron chi connectivity index (χ4n) is 6.35. The fourth-order valence-corrected chi connectivity index (χ4v) is 6.35. The highest BCUT2D eigenvalue weighted by molar-refractivity contribution is 5.85. The van der Waals surface area contributed by atoms with Gasteiger partial charge in [0, 0.05) is 5.39 Å². The zero-order valence-electron chi connectivity index (χ0n) is 19.6. The van der Waals surface area contributed by atoms with Crippen molar-refractivity contribution in [2.45, 2.75) is 96.5 Å². The number of alkyl halides is 2. The number of fused-ring (bicyclic) bond motifs is 2. The summed E-state index contributed by atoms with van der Waals surface area (Å²) in [6.07, 6.45) is 15.3. The van der Waals surface area contributed by atoms with Crippen LogP contribution in [-0.2, 0) is 0 Å². The van der Waals surface area contributed by atoms with Crippen molar-refractivity contribution >= 4 is 10.8 Å². The number of hydrogen-bond acceptors (Lipinski definition) is 1. The SMILES string of the molecule is CCCCCCC[C@@H]1CC[C@@H]2CC(c3cc(F)c4cc(OC(F)F)c(F)cc4c3)CCC2C1. The van der Waals surface area contributed by atoms with Crippen LogP contribution in [0.4, 0.5) is 17.6 Å². The van der Waals surface area contributed by atoms with Crippen molar-refractivity contribution in [2.24, 2.45) is 17.8 Å². The summed E-state index contributed by atoms with van der Waals surface area (Å²) in [5, 5.41) is 0.516. The van der Waals surface area contributed by atoms with E-state index in [1.807, 2.05) is 6.07 Å². The molecule has 2 fully saturated rings. The molecule has 0 radical (unpaired) electrons. The van der Waals surface area contributed by atoms with Gasteiger partial charge in [-0.2, -0.15) is 8.78 Å². The Bertz CT molecular complexity index is 928. The number of hydrogen-bond donors (Lipinski definition) is 0. The second kappa shape index (κ2) is 11.1. The molecule has 2 aromatic rings. The molecule has 33 heavy (non-hydrogen) atoms. The molecule has 0 saturated heterocycles. The Kier molecular flexibility index (Phi) is 8.19. The summed E-state index contributed by atoms with van der Waals surface area (Å²) in [5.41, 5.74) is 0.901. The highest BCUT2D eigenvalue weighted by Crippen LogP contribution is 2.49. The van der Waals surface area contributed by atoms with Gasteiger partial charge >= 0.3 is 6.61 Å². The third-order valence-corrected chi connectivity index (χ3v) is 8.10. The topological polar surface area (TPSA) is 9.23 Å². The zero-order chi connectivity index (χ0) is 23.4. The minimum Gasteiger partial charge on any atom is -0.432 e. The van der Waals surface area contributed by atoms with Crippen LogP contribution in [0.3, 0.4) is 0 Å². The molecule has 182 valence electrons. The monoisotopic (exact) mass is 464 g/mol. The summed E-state index contributed by atoms with van der Waals surface area (Å²) in [5.74, 6) is 0.606. The van der Waals surface area contributed by atoms with E-state index in [1.54, 1.807) is 0 Å². The van der Waals surface area contributed by atoms with E-state index in [2.05, 4.69) is 11.7 Å². The van der Waals surface area contributed by atoms with E-state index in [0.717, 1.165) is 42.4 Å².